The van der Waals surface area contributed by atoms with Crippen molar-refractivity contribution >= 4 is 43.6 Å². The monoisotopic (exact) mass is 650 g/mol. The minimum atomic E-state index is 0.677. The summed E-state index contributed by atoms with van der Waals surface area (Å²) >= 11 is 0. The zero-order valence-electron chi connectivity index (χ0n) is 27.6. The standard InChI is InChI=1S/C48H30N2O/c1-2-11-31(12-3-1)32-23-25-33(26-24-32)36-16-8-17-37(29-36)38-18-9-19-39(30-38)45-47-46(44-41-21-7-5-14-35(41)27-28-43(44)51-47)50-48(49-45)42-22-10-15-34-13-4-6-20-40(34)42/h1-30H. The molecule has 10 rings (SSSR count). The molecule has 0 saturated heterocycles. The van der Waals surface area contributed by atoms with Crippen molar-refractivity contribution in [1.29, 1.82) is 0 Å². The summed E-state index contributed by atoms with van der Waals surface area (Å²) in [5.41, 5.74) is 12.1. The summed E-state index contributed by atoms with van der Waals surface area (Å²) in [7, 11) is 0. The predicted octanol–water partition coefficient (Wildman–Crippen LogP) is 13.0. The van der Waals surface area contributed by atoms with Gasteiger partial charge in [-0.05, 0) is 73.1 Å². The van der Waals surface area contributed by atoms with E-state index in [2.05, 4.69) is 176 Å². The average molecular weight is 651 g/mol. The maximum Gasteiger partial charge on any atom is 0.180 e. The van der Waals surface area contributed by atoms with Crippen molar-refractivity contribution < 1.29 is 4.42 Å². The van der Waals surface area contributed by atoms with Crippen LogP contribution in [-0.2, 0) is 0 Å². The second-order valence-electron chi connectivity index (χ2n) is 13.0. The number of hydrogen-bond acceptors (Lipinski definition) is 3. The van der Waals surface area contributed by atoms with Gasteiger partial charge in [0.1, 0.15) is 16.8 Å². The van der Waals surface area contributed by atoms with E-state index >= 15 is 0 Å². The quantitative estimate of drug-likeness (QED) is 0.186. The van der Waals surface area contributed by atoms with Crippen LogP contribution in [0.1, 0.15) is 0 Å². The zero-order valence-corrected chi connectivity index (χ0v) is 27.6. The van der Waals surface area contributed by atoms with Crippen LogP contribution in [0.4, 0.5) is 0 Å². The van der Waals surface area contributed by atoms with Gasteiger partial charge in [-0.1, -0.05) is 164 Å². The minimum Gasteiger partial charge on any atom is -0.452 e. The van der Waals surface area contributed by atoms with E-state index in [9.17, 15) is 0 Å². The Kier molecular flexibility index (Phi) is 6.81. The molecule has 51 heavy (non-hydrogen) atoms. The third-order valence-corrected chi connectivity index (χ3v) is 9.89. The summed E-state index contributed by atoms with van der Waals surface area (Å²) in [6, 6.07) is 64.0. The molecule has 0 atom stereocenters. The van der Waals surface area contributed by atoms with Crippen molar-refractivity contribution in [2.24, 2.45) is 0 Å². The second-order valence-corrected chi connectivity index (χ2v) is 13.0. The summed E-state index contributed by atoms with van der Waals surface area (Å²) in [6.07, 6.45) is 0. The molecule has 10 aromatic rings. The SMILES string of the molecule is c1ccc(-c2ccc(-c3cccc(-c4cccc(-c5nc(-c6cccc7ccccc67)nc6c5oc5ccc7ccccc7c56)c4)c3)cc2)cc1. The van der Waals surface area contributed by atoms with E-state index in [0.717, 1.165) is 66.0 Å². The van der Waals surface area contributed by atoms with Crippen LogP contribution < -0.4 is 0 Å². The van der Waals surface area contributed by atoms with Gasteiger partial charge >= 0.3 is 0 Å². The first kappa shape index (κ1) is 29.1. The molecule has 0 N–H and O–H groups in total. The lowest BCUT2D eigenvalue weighted by Gasteiger charge is -2.11. The van der Waals surface area contributed by atoms with Crippen LogP contribution in [0.2, 0.25) is 0 Å². The van der Waals surface area contributed by atoms with Gasteiger partial charge in [-0.3, -0.25) is 0 Å². The van der Waals surface area contributed by atoms with Crippen LogP contribution in [0.5, 0.6) is 0 Å². The maximum absolute atomic E-state index is 6.66. The smallest absolute Gasteiger partial charge is 0.180 e. The Labute approximate surface area is 295 Å². The highest BCUT2D eigenvalue weighted by Crippen LogP contribution is 2.40. The normalized spacial score (nSPS) is 11.5. The average Bonchev–Trinajstić information content (AvgIpc) is 3.60. The summed E-state index contributed by atoms with van der Waals surface area (Å²) in [6.45, 7) is 0. The summed E-state index contributed by atoms with van der Waals surface area (Å²) < 4.78 is 6.66. The Balaban J connectivity index is 1.13. The van der Waals surface area contributed by atoms with Crippen molar-refractivity contribution in [3.8, 4) is 56.0 Å². The topological polar surface area (TPSA) is 38.9 Å². The second kappa shape index (κ2) is 11.9. The molecule has 0 saturated carbocycles. The number of aromatic nitrogens is 2. The molecular formula is C48H30N2O. The highest BCUT2D eigenvalue weighted by molar-refractivity contribution is 6.19. The van der Waals surface area contributed by atoms with E-state index in [4.69, 9.17) is 14.4 Å². The number of fused-ring (bicyclic) bond motifs is 6. The molecule has 8 aromatic carbocycles. The first-order chi connectivity index (χ1) is 25.3. The third-order valence-electron chi connectivity index (χ3n) is 9.89. The summed E-state index contributed by atoms with van der Waals surface area (Å²) in [5, 5.41) is 5.54. The van der Waals surface area contributed by atoms with E-state index in [1.807, 2.05) is 6.07 Å². The number of benzene rings is 8. The molecule has 0 radical (unpaired) electrons. The van der Waals surface area contributed by atoms with Gasteiger partial charge in [0.2, 0.25) is 0 Å². The van der Waals surface area contributed by atoms with Gasteiger partial charge in [-0.2, -0.15) is 0 Å². The first-order valence-electron chi connectivity index (χ1n) is 17.2. The maximum atomic E-state index is 6.66. The molecule has 2 aromatic heterocycles. The Hall–Kier alpha value is -6.84. The van der Waals surface area contributed by atoms with E-state index < -0.39 is 0 Å². The Morgan fingerprint density at radius 1 is 0.373 bits per heavy atom. The van der Waals surface area contributed by atoms with Gasteiger partial charge in [-0.25, -0.2) is 9.97 Å². The summed E-state index contributed by atoms with van der Waals surface area (Å²) in [5.74, 6) is 0.677. The zero-order chi connectivity index (χ0) is 33.7. The highest BCUT2D eigenvalue weighted by atomic mass is 16.3. The van der Waals surface area contributed by atoms with E-state index in [-0.39, 0.29) is 0 Å². The van der Waals surface area contributed by atoms with Crippen molar-refractivity contribution in [3.05, 3.63) is 182 Å². The van der Waals surface area contributed by atoms with E-state index in [1.54, 1.807) is 0 Å². The van der Waals surface area contributed by atoms with Gasteiger partial charge in [0.05, 0.1) is 5.39 Å². The van der Waals surface area contributed by atoms with E-state index in [1.165, 1.54) is 22.3 Å². The molecule has 0 aliphatic heterocycles. The van der Waals surface area contributed by atoms with Gasteiger partial charge in [-0.15, -0.1) is 0 Å². The molecule has 3 heteroatoms. The van der Waals surface area contributed by atoms with E-state index in [0.29, 0.717) is 11.4 Å². The fourth-order valence-corrected chi connectivity index (χ4v) is 7.35. The third kappa shape index (κ3) is 5.06. The molecule has 0 spiro atoms. The van der Waals surface area contributed by atoms with Crippen molar-refractivity contribution in [3.63, 3.8) is 0 Å². The number of nitrogens with zero attached hydrogens (tertiary/aromatic N) is 2. The van der Waals surface area contributed by atoms with Crippen LogP contribution in [0.15, 0.2) is 186 Å². The van der Waals surface area contributed by atoms with Crippen molar-refractivity contribution in [1.82, 2.24) is 9.97 Å². The fraction of sp³-hybridized carbons (Fsp3) is 0. The lowest BCUT2D eigenvalue weighted by molar-refractivity contribution is 0.667. The Bertz CT molecular complexity index is 2900. The Morgan fingerprint density at radius 2 is 0.902 bits per heavy atom. The molecule has 0 aliphatic carbocycles. The molecule has 3 nitrogen and oxygen atoms in total. The number of hydrogen-bond donors (Lipinski definition) is 0. The molecule has 0 fully saturated rings. The molecule has 2 heterocycles. The molecular weight excluding hydrogens is 621 g/mol. The van der Waals surface area contributed by atoms with Crippen molar-refractivity contribution in [2.45, 2.75) is 0 Å². The van der Waals surface area contributed by atoms with Crippen LogP contribution in [0.25, 0.3) is 99.6 Å². The van der Waals surface area contributed by atoms with Gasteiger partial charge in [0.15, 0.2) is 11.4 Å². The lowest BCUT2D eigenvalue weighted by Crippen LogP contribution is -1.95. The van der Waals surface area contributed by atoms with Gasteiger partial charge in [0, 0.05) is 11.1 Å². The molecule has 0 unspecified atom stereocenters. The molecule has 0 bridgehead atoms. The number of rotatable bonds is 5. The first-order valence-corrected chi connectivity index (χ1v) is 17.2. The highest BCUT2D eigenvalue weighted by Gasteiger charge is 2.21. The largest absolute Gasteiger partial charge is 0.452 e. The van der Waals surface area contributed by atoms with Crippen LogP contribution in [-0.4, -0.2) is 9.97 Å². The van der Waals surface area contributed by atoms with Crippen LogP contribution in [0, 0.1) is 0 Å². The van der Waals surface area contributed by atoms with Crippen LogP contribution >= 0.6 is 0 Å². The number of furan rings is 1. The van der Waals surface area contributed by atoms with Crippen molar-refractivity contribution in [2.75, 3.05) is 0 Å². The van der Waals surface area contributed by atoms with Gasteiger partial charge < -0.3 is 4.42 Å². The molecule has 238 valence electrons. The minimum absolute atomic E-state index is 0.677. The molecule has 0 amide bonds. The van der Waals surface area contributed by atoms with Crippen LogP contribution in [0.3, 0.4) is 0 Å². The Morgan fingerprint density at radius 3 is 1.67 bits per heavy atom. The van der Waals surface area contributed by atoms with Gasteiger partial charge in [0.25, 0.3) is 0 Å². The lowest BCUT2D eigenvalue weighted by atomic mass is 9.96. The molecule has 0 aliphatic rings. The summed E-state index contributed by atoms with van der Waals surface area (Å²) in [4.78, 5) is 10.6. The predicted molar refractivity (Wildman–Crippen MR) is 212 cm³/mol. The fourth-order valence-electron chi connectivity index (χ4n) is 7.35.